The number of ether oxygens (including phenoxy) is 1. The van der Waals surface area contributed by atoms with Crippen LogP contribution in [-0.4, -0.2) is 67.8 Å². The Labute approximate surface area is 132 Å². The summed E-state index contributed by atoms with van der Waals surface area (Å²) in [4.78, 5) is 5.23. The van der Waals surface area contributed by atoms with E-state index in [4.69, 9.17) is 10.5 Å². The molecule has 0 saturated carbocycles. The molecule has 1 heterocycles. The summed E-state index contributed by atoms with van der Waals surface area (Å²) < 4.78 is 5.33. The number of hydrogen-bond acceptors (Lipinski definition) is 4. The van der Waals surface area contributed by atoms with Gasteiger partial charge in [-0.3, -0.25) is 4.90 Å². The standard InChI is InChI=1S/C17H37N3O/c1-6-16(4)20(11-12-21-5)17(14-18)7-9-19(10-8-17)13-15(2)3/h15-16H,6-14,18H2,1-5H3. The first-order valence-electron chi connectivity index (χ1n) is 8.67. The first-order chi connectivity index (χ1) is 9.99. The number of likely N-dealkylation sites (tertiary alicyclic amines) is 1. The fourth-order valence-corrected chi connectivity index (χ4v) is 3.61. The molecular formula is C17H37N3O. The van der Waals surface area contributed by atoms with Gasteiger partial charge in [-0.2, -0.15) is 0 Å². The average Bonchev–Trinajstić information content (AvgIpc) is 2.48. The van der Waals surface area contributed by atoms with Crippen molar-refractivity contribution in [1.82, 2.24) is 9.80 Å². The Balaban J connectivity index is 2.73. The van der Waals surface area contributed by atoms with E-state index in [2.05, 4.69) is 37.5 Å². The van der Waals surface area contributed by atoms with Crippen molar-refractivity contribution in [2.75, 3.05) is 46.4 Å². The first kappa shape index (κ1) is 18.9. The van der Waals surface area contributed by atoms with Crippen LogP contribution in [0.3, 0.4) is 0 Å². The second kappa shape index (κ2) is 9.09. The molecule has 0 aromatic heterocycles. The lowest BCUT2D eigenvalue weighted by molar-refractivity contribution is -0.0157. The van der Waals surface area contributed by atoms with Crippen LogP contribution in [0.25, 0.3) is 0 Å². The lowest BCUT2D eigenvalue weighted by Crippen LogP contribution is -2.62. The molecule has 0 amide bonds. The summed E-state index contributed by atoms with van der Waals surface area (Å²) in [5.74, 6) is 0.745. The van der Waals surface area contributed by atoms with E-state index in [0.29, 0.717) is 6.04 Å². The third-order valence-electron chi connectivity index (χ3n) is 5.06. The summed E-state index contributed by atoms with van der Waals surface area (Å²) in [6, 6.07) is 0.570. The highest BCUT2D eigenvalue weighted by molar-refractivity contribution is 4.98. The fourth-order valence-electron chi connectivity index (χ4n) is 3.61. The summed E-state index contributed by atoms with van der Waals surface area (Å²) in [6.07, 6.45) is 3.54. The summed E-state index contributed by atoms with van der Waals surface area (Å²) in [7, 11) is 1.79. The number of hydrogen-bond donors (Lipinski definition) is 1. The SMILES string of the molecule is CCC(C)N(CCOC)C1(CN)CCN(CC(C)C)CC1. The molecule has 21 heavy (non-hydrogen) atoms. The van der Waals surface area contributed by atoms with E-state index in [1.807, 2.05) is 0 Å². The predicted octanol–water partition coefficient (Wildman–Crippen LogP) is 2.18. The fraction of sp³-hybridized carbons (Fsp3) is 1.00. The molecule has 1 rings (SSSR count). The highest BCUT2D eigenvalue weighted by atomic mass is 16.5. The van der Waals surface area contributed by atoms with Gasteiger partial charge in [-0.1, -0.05) is 20.8 Å². The zero-order valence-electron chi connectivity index (χ0n) is 14.9. The number of methoxy groups -OCH3 is 1. The Kier molecular flexibility index (Phi) is 8.17. The topological polar surface area (TPSA) is 41.7 Å². The van der Waals surface area contributed by atoms with Crippen molar-refractivity contribution < 1.29 is 4.74 Å². The number of nitrogens with zero attached hydrogens (tertiary/aromatic N) is 2. The van der Waals surface area contributed by atoms with Crippen LogP contribution in [0, 0.1) is 5.92 Å². The predicted molar refractivity (Wildman–Crippen MR) is 90.6 cm³/mol. The maximum Gasteiger partial charge on any atom is 0.0590 e. The molecule has 0 bridgehead atoms. The van der Waals surface area contributed by atoms with Gasteiger partial charge in [0.05, 0.1) is 6.61 Å². The molecule has 4 nitrogen and oxygen atoms in total. The van der Waals surface area contributed by atoms with Gasteiger partial charge in [0.2, 0.25) is 0 Å². The Bertz CT molecular complexity index is 275. The van der Waals surface area contributed by atoms with Gasteiger partial charge in [0.1, 0.15) is 0 Å². The van der Waals surface area contributed by atoms with E-state index in [9.17, 15) is 0 Å². The second-order valence-electron chi connectivity index (χ2n) is 7.07. The average molecular weight is 300 g/mol. The summed E-state index contributed by atoms with van der Waals surface area (Å²) >= 11 is 0. The van der Waals surface area contributed by atoms with Crippen LogP contribution in [-0.2, 0) is 4.74 Å². The maximum atomic E-state index is 6.25. The lowest BCUT2D eigenvalue weighted by Gasteiger charge is -2.51. The molecule has 0 radical (unpaired) electrons. The van der Waals surface area contributed by atoms with E-state index in [0.717, 1.165) is 25.6 Å². The van der Waals surface area contributed by atoms with Crippen molar-refractivity contribution in [3.63, 3.8) is 0 Å². The Hall–Kier alpha value is -0.160. The lowest BCUT2D eigenvalue weighted by atomic mass is 9.84. The van der Waals surface area contributed by atoms with Crippen LogP contribution >= 0.6 is 0 Å². The molecule has 1 aliphatic rings. The Morgan fingerprint density at radius 1 is 1.24 bits per heavy atom. The third kappa shape index (κ3) is 5.20. The van der Waals surface area contributed by atoms with Crippen LogP contribution in [0.4, 0.5) is 0 Å². The monoisotopic (exact) mass is 299 g/mol. The molecule has 1 fully saturated rings. The van der Waals surface area contributed by atoms with Crippen molar-refractivity contribution in [2.24, 2.45) is 11.7 Å². The van der Waals surface area contributed by atoms with Crippen LogP contribution < -0.4 is 5.73 Å². The summed E-state index contributed by atoms with van der Waals surface area (Å²) in [5, 5.41) is 0. The highest BCUT2D eigenvalue weighted by Crippen LogP contribution is 2.31. The quantitative estimate of drug-likeness (QED) is 0.708. The van der Waals surface area contributed by atoms with E-state index < -0.39 is 0 Å². The minimum atomic E-state index is 0.168. The molecule has 0 aromatic rings. The van der Waals surface area contributed by atoms with Gasteiger partial charge in [0.15, 0.2) is 0 Å². The van der Waals surface area contributed by atoms with Crippen molar-refractivity contribution >= 4 is 0 Å². The molecule has 1 aliphatic heterocycles. The minimum Gasteiger partial charge on any atom is -0.383 e. The Morgan fingerprint density at radius 3 is 2.29 bits per heavy atom. The number of nitrogens with two attached hydrogens (primary N) is 1. The molecule has 126 valence electrons. The molecule has 2 N–H and O–H groups in total. The summed E-state index contributed by atoms with van der Waals surface area (Å²) in [5.41, 5.74) is 6.42. The largest absolute Gasteiger partial charge is 0.383 e. The van der Waals surface area contributed by atoms with Gasteiger partial charge in [-0.05, 0) is 45.2 Å². The molecule has 0 aromatic carbocycles. The van der Waals surface area contributed by atoms with Crippen LogP contribution in [0.1, 0.15) is 47.0 Å². The van der Waals surface area contributed by atoms with E-state index >= 15 is 0 Å². The zero-order valence-corrected chi connectivity index (χ0v) is 14.9. The minimum absolute atomic E-state index is 0.168. The normalized spacial score (nSPS) is 21.1. The first-order valence-corrected chi connectivity index (χ1v) is 8.67. The van der Waals surface area contributed by atoms with Crippen LogP contribution in [0.15, 0.2) is 0 Å². The number of piperidine rings is 1. The summed E-state index contributed by atoms with van der Waals surface area (Å²) in [6.45, 7) is 15.3. The van der Waals surface area contributed by atoms with Gasteiger partial charge in [-0.15, -0.1) is 0 Å². The smallest absolute Gasteiger partial charge is 0.0590 e. The van der Waals surface area contributed by atoms with Crippen molar-refractivity contribution in [3.05, 3.63) is 0 Å². The van der Waals surface area contributed by atoms with Crippen LogP contribution in [0.2, 0.25) is 0 Å². The molecule has 0 aliphatic carbocycles. The molecule has 1 atom stereocenters. The molecule has 4 heteroatoms. The number of rotatable bonds is 9. The molecule has 1 unspecified atom stereocenters. The van der Waals surface area contributed by atoms with Gasteiger partial charge in [0.25, 0.3) is 0 Å². The van der Waals surface area contributed by atoms with E-state index in [1.54, 1.807) is 7.11 Å². The molecule has 1 saturated heterocycles. The van der Waals surface area contributed by atoms with E-state index in [1.165, 1.54) is 38.9 Å². The maximum absolute atomic E-state index is 6.25. The van der Waals surface area contributed by atoms with Crippen molar-refractivity contribution in [2.45, 2.75) is 58.5 Å². The van der Waals surface area contributed by atoms with Gasteiger partial charge < -0.3 is 15.4 Å². The Morgan fingerprint density at radius 2 is 1.86 bits per heavy atom. The van der Waals surface area contributed by atoms with Gasteiger partial charge in [-0.25, -0.2) is 0 Å². The molecular weight excluding hydrogens is 262 g/mol. The second-order valence-corrected chi connectivity index (χ2v) is 7.07. The van der Waals surface area contributed by atoms with Crippen LogP contribution in [0.5, 0.6) is 0 Å². The third-order valence-corrected chi connectivity index (χ3v) is 5.06. The zero-order chi connectivity index (χ0) is 15.9. The highest BCUT2D eigenvalue weighted by Gasteiger charge is 2.40. The van der Waals surface area contributed by atoms with Crippen molar-refractivity contribution in [1.29, 1.82) is 0 Å². The van der Waals surface area contributed by atoms with Gasteiger partial charge >= 0.3 is 0 Å². The molecule has 0 spiro atoms. The van der Waals surface area contributed by atoms with Crippen molar-refractivity contribution in [3.8, 4) is 0 Å². The van der Waals surface area contributed by atoms with E-state index in [-0.39, 0.29) is 5.54 Å². The van der Waals surface area contributed by atoms with Gasteiger partial charge in [0, 0.05) is 38.3 Å².